The van der Waals surface area contributed by atoms with Crippen LogP contribution in [0.15, 0.2) is 139 Å². The lowest BCUT2D eigenvalue weighted by Gasteiger charge is -2.05. The van der Waals surface area contributed by atoms with Gasteiger partial charge in [0.05, 0.1) is 10.7 Å². The second-order valence-corrected chi connectivity index (χ2v) is 17.9. The minimum absolute atomic E-state index is 0.157. The van der Waals surface area contributed by atoms with Gasteiger partial charge in [0.1, 0.15) is 47.7 Å². The highest BCUT2D eigenvalue weighted by Crippen LogP contribution is 2.32. The summed E-state index contributed by atoms with van der Waals surface area (Å²) in [5.41, 5.74) is 7.50. The van der Waals surface area contributed by atoms with Gasteiger partial charge in [-0.2, -0.15) is 0 Å². The second kappa shape index (κ2) is 24.6. The first-order valence-corrected chi connectivity index (χ1v) is 24.3. The molecule has 0 fully saturated rings. The molecule has 0 aliphatic carbocycles. The van der Waals surface area contributed by atoms with E-state index in [1.165, 1.54) is 64.1 Å². The molecule has 0 atom stereocenters. The second-order valence-electron chi connectivity index (χ2n) is 15.2. The molecule has 358 valence electrons. The summed E-state index contributed by atoms with van der Waals surface area (Å²) in [6.45, 7) is 5.64. The Morgan fingerprint density at radius 2 is 1.07 bits per heavy atom. The lowest BCUT2D eigenvalue weighted by Crippen LogP contribution is -2.23. The number of aryl methyl sites for hydroxylation is 2. The van der Waals surface area contributed by atoms with E-state index in [1.54, 1.807) is 46.9 Å². The smallest absolute Gasteiger partial charge is 0.271 e. The monoisotopic (exact) mass is 1000 g/mol. The van der Waals surface area contributed by atoms with Crippen LogP contribution < -0.4 is 36.1 Å². The van der Waals surface area contributed by atoms with Crippen LogP contribution in [0.4, 0.5) is 21.9 Å². The molecule has 3 amide bonds. The highest BCUT2D eigenvalue weighted by Gasteiger charge is 2.16. The molecule has 0 unspecified atom stereocenters. The van der Waals surface area contributed by atoms with Crippen molar-refractivity contribution < 1.29 is 23.9 Å². The Hall–Kier alpha value is -8.60. The molecule has 5 N–H and O–H groups in total. The van der Waals surface area contributed by atoms with Crippen LogP contribution in [0.3, 0.4) is 0 Å². The predicted molar refractivity (Wildman–Crippen MR) is 270 cm³/mol. The highest BCUT2D eigenvalue weighted by atomic mass is 32.1. The molecule has 22 heteroatoms. The summed E-state index contributed by atoms with van der Waals surface area (Å²) < 4.78 is 10.6. The number of anilines is 4. The molecule has 0 saturated carbocycles. The third kappa shape index (κ3) is 14.9. The molecule has 10 rings (SSSR count). The maximum atomic E-state index is 12.2. The van der Waals surface area contributed by atoms with Crippen molar-refractivity contribution in [3.05, 3.63) is 194 Å². The van der Waals surface area contributed by atoms with Crippen molar-refractivity contribution >= 4 is 73.6 Å². The number of benzene rings is 3. The number of nitrogens with one attached hydrogen (secondary N) is 5. The van der Waals surface area contributed by atoms with Crippen LogP contribution in [-0.2, 0) is 26.1 Å². The maximum Gasteiger partial charge on any atom is 0.271 e. The lowest BCUT2D eigenvalue weighted by molar-refractivity contribution is 0.0938. The Bertz CT molecular complexity index is 3160. The number of rotatable bonds is 15. The molecule has 7 heterocycles. The fourth-order valence-electron chi connectivity index (χ4n) is 6.29. The molecule has 3 aromatic carbocycles. The van der Waals surface area contributed by atoms with Gasteiger partial charge < -0.3 is 36.1 Å². The summed E-state index contributed by atoms with van der Waals surface area (Å²) in [6.07, 6.45) is 9.97. The maximum absolute atomic E-state index is 12.2. The summed E-state index contributed by atoms with van der Waals surface area (Å²) >= 11 is 4.15. The highest BCUT2D eigenvalue weighted by molar-refractivity contribution is 7.14. The molecule has 0 bridgehead atoms. The Labute approximate surface area is 419 Å². The van der Waals surface area contributed by atoms with Gasteiger partial charge in [-0.1, -0.05) is 65.7 Å². The Balaban J connectivity index is 0.000000143. The van der Waals surface area contributed by atoms with Crippen LogP contribution in [0.2, 0.25) is 0 Å². The van der Waals surface area contributed by atoms with E-state index >= 15 is 0 Å². The van der Waals surface area contributed by atoms with Crippen molar-refractivity contribution in [1.82, 2.24) is 60.8 Å². The summed E-state index contributed by atoms with van der Waals surface area (Å²) in [5.74, 6) is 2.07. The molecule has 0 radical (unpaired) electrons. The number of carbonyl (C=O) groups excluding carboxylic acids is 3. The van der Waals surface area contributed by atoms with E-state index in [0.717, 1.165) is 33.1 Å². The van der Waals surface area contributed by atoms with Crippen LogP contribution in [0, 0.1) is 13.8 Å². The van der Waals surface area contributed by atoms with Gasteiger partial charge in [-0.3, -0.25) is 14.4 Å². The SMILES string of the molecule is Cc1ccc(CNC(=O)c2csc(Cc3ccncn3)n2)cc1.Cc1cccc(CNC(=O)c2csc(Nc3ccncn3)n2)c1.O=C(NCc1ccc2c(c1)OCO2)c1csc(Nc2ccncn2)n1. The zero-order chi connectivity index (χ0) is 49.2. The van der Waals surface area contributed by atoms with E-state index in [-0.39, 0.29) is 24.5 Å². The summed E-state index contributed by atoms with van der Waals surface area (Å²) in [7, 11) is 0. The van der Waals surface area contributed by atoms with Crippen LogP contribution in [0.25, 0.3) is 0 Å². The first kappa shape index (κ1) is 48.8. The van der Waals surface area contributed by atoms with Gasteiger partial charge in [-0.15, -0.1) is 34.0 Å². The third-order valence-electron chi connectivity index (χ3n) is 9.87. The molecule has 6 aromatic heterocycles. The van der Waals surface area contributed by atoms with Crippen molar-refractivity contribution in [1.29, 1.82) is 0 Å². The quantitative estimate of drug-likeness (QED) is 0.0653. The van der Waals surface area contributed by atoms with Crippen LogP contribution in [-0.4, -0.2) is 69.4 Å². The minimum atomic E-state index is -0.246. The fourth-order valence-corrected chi connectivity index (χ4v) is 8.48. The molecule has 1 aliphatic heterocycles. The van der Waals surface area contributed by atoms with Gasteiger partial charge in [0, 0.05) is 60.8 Å². The van der Waals surface area contributed by atoms with Gasteiger partial charge in [0.15, 0.2) is 21.8 Å². The number of nitrogens with zero attached hydrogens (tertiary/aromatic N) is 9. The van der Waals surface area contributed by atoms with E-state index < -0.39 is 0 Å². The molecule has 1 aliphatic rings. The molecule has 0 saturated heterocycles. The zero-order valence-electron chi connectivity index (χ0n) is 38.1. The zero-order valence-corrected chi connectivity index (χ0v) is 40.6. The molecular formula is C49H44N14O5S3. The standard InChI is InChI=1S/C17H16N4OS.C16H13N5O3S.C16H15N5OS/c1-12-2-4-13(5-3-12)9-19-17(22)15-10-23-16(21-15)8-14-6-7-18-11-20-14;22-15(18-6-10-1-2-12-13(5-10)24-9-23-12)11-7-25-16(20-11)21-14-3-4-17-8-19-14;1-11-3-2-4-12(7-11)8-18-15(22)13-9-23-16(20-13)21-14-5-6-17-10-19-14/h2-7,10-11H,8-9H2,1H3,(H,19,22);1-5,7-8H,6,9H2,(H,18,22)(H,17,19,20,21);2-7,9-10H,8H2,1H3,(H,18,22)(H,17,19,20,21). The van der Waals surface area contributed by atoms with Crippen molar-refractivity contribution in [2.75, 3.05) is 17.4 Å². The normalized spacial score (nSPS) is 11.0. The number of ether oxygens (including phenoxy) is 2. The van der Waals surface area contributed by atoms with E-state index in [9.17, 15) is 14.4 Å². The first-order valence-electron chi connectivity index (χ1n) is 21.7. The average Bonchev–Trinajstić information content (AvgIpc) is 4.25. The van der Waals surface area contributed by atoms with Gasteiger partial charge in [-0.05, 0) is 60.9 Å². The summed E-state index contributed by atoms with van der Waals surface area (Å²) in [5, 5.41) is 21.9. The van der Waals surface area contributed by atoms with Crippen molar-refractivity contribution in [2.45, 2.75) is 39.9 Å². The van der Waals surface area contributed by atoms with Gasteiger partial charge in [-0.25, -0.2) is 44.9 Å². The van der Waals surface area contributed by atoms with E-state index in [0.29, 0.717) is 70.8 Å². The van der Waals surface area contributed by atoms with Gasteiger partial charge >= 0.3 is 0 Å². The number of hydrogen-bond acceptors (Lipinski definition) is 19. The van der Waals surface area contributed by atoms with Crippen molar-refractivity contribution in [3.8, 4) is 11.5 Å². The van der Waals surface area contributed by atoms with Crippen molar-refractivity contribution in [2.24, 2.45) is 0 Å². The molecule has 71 heavy (non-hydrogen) atoms. The molecule has 0 spiro atoms. The van der Waals surface area contributed by atoms with Crippen molar-refractivity contribution in [3.63, 3.8) is 0 Å². The summed E-state index contributed by atoms with van der Waals surface area (Å²) in [4.78, 5) is 73.3. The number of amides is 3. The number of carbonyl (C=O) groups is 3. The minimum Gasteiger partial charge on any atom is -0.454 e. The van der Waals surface area contributed by atoms with Crippen LogP contribution in [0.1, 0.15) is 70.0 Å². The van der Waals surface area contributed by atoms with E-state index in [4.69, 9.17) is 9.47 Å². The third-order valence-corrected chi connectivity index (χ3v) is 12.2. The molecule has 9 aromatic rings. The average molecular weight is 1010 g/mol. The number of fused-ring (bicyclic) bond motifs is 1. The predicted octanol–water partition coefficient (Wildman–Crippen LogP) is 8.01. The number of aromatic nitrogens is 9. The van der Waals surface area contributed by atoms with E-state index in [2.05, 4.69) is 71.4 Å². The Morgan fingerprint density at radius 3 is 1.65 bits per heavy atom. The van der Waals surface area contributed by atoms with Crippen LogP contribution >= 0.6 is 34.0 Å². The Morgan fingerprint density at radius 1 is 0.535 bits per heavy atom. The number of thiazole rings is 3. The number of hydrogen-bond donors (Lipinski definition) is 5. The Kier molecular flexibility index (Phi) is 16.9. The summed E-state index contributed by atoms with van der Waals surface area (Å²) in [6, 6.07) is 27.0. The molecular weight excluding hydrogens is 961 g/mol. The van der Waals surface area contributed by atoms with Gasteiger partial charge in [0.25, 0.3) is 17.7 Å². The van der Waals surface area contributed by atoms with Gasteiger partial charge in [0.2, 0.25) is 6.79 Å². The topological polar surface area (TPSA) is 246 Å². The van der Waals surface area contributed by atoms with Crippen LogP contribution in [0.5, 0.6) is 11.5 Å². The first-order chi connectivity index (χ1) is 34.7. The largest absolute Gasteiger partial charge is 0.454 e. The fraction of sp³-hybridized carbons (Fsp3) is 0.143. The van der Waals surface area contributed by atoms with E-state index in [1.807, 2.05) is 86.6 Å². The lowest BCUT2D eigenvalue weighted by atomic mass is 10.1. The molecule has 19 nitrogen and oxygen atoms in total.